The number of phosphoric acid groups is 12. The summed E-state index contributed by atoms with van der Waals surface area (Å²) in [6, 6.07) is -2.87. The van der Waals surface area contributed by atoms with Gasteiger partial charge in [0.15, 0.2) is 18.9 Å². The van der Waals surface area contributed by atoms with Crippen molar-refractivity contribution in [2.75, 3.05) is 38.8 Å². The van der Waals surface area contributed by atoms with Crippen molar-refractivity contribution in [3.8, 4) is 0 Å². The lowest BCUT2D eigenvalue weighted by Crippen LogP contribution is -2.36. The Kier molecular flexibility index (Phi) is 39.2. The number of thioether (sulfide) groups is 1. The number of hydrogen-bond acceptors (Lipinski definition) is 36. The predicted octanol–water partition coefficient (Wildman–Crippen LogP) is 2.42. The van der Waals surface area contributed by atoms with Gasteiger partial charge in [-0.05, 0) is 90.2 Å². The lowest BCUT2D eigenvalue weighted by atomic mass is 9.96. The van der Waals surface area contributed by atoms with E-state index >= 15 is 0 Å². The van der Waals surface area contributed by atoms with Crippen LogP contribution < -0.4 is 0 Å². The first-order valence-electron chi connectivity index (χ1n) is 30.6. The molecule has 0 aromatic carbocycles. The van der Waals surface area contributed by atoms with E-state index in [0.717, 1.165) is 44.3 Å². The van der Waals surface area contributed by atoms with Crippen LogP contribution in [0.5, 0.6) is 0 Å². The molecule has 68 heteroatoms. The van der Waals surface area contributed by atoms with E-state index in [4.69, 9.17) is 142 Å². The SMILES string of the molecule is [B]C1CC(OC2CCC(C)O2)C(COP(=O)(O)OP(=O)(O)OP(=O)(O)O)O1.[B]C1CC(OC2CCCC(C)O2)C(COP(=O)(O)OP(=O)(O)OP(=O)(O)O)O1.[B]C1CC(OC2CCCO2)C(COP(=O)(O)OP(=O)(O)OP(=O)(O)O)O1.[B]C1CC(OC2CCCS2)C(COP(=O)(O)OP(=O)(O)OP(=O)(O)O)O1. The molecule has 0 saturated carbocycles. The van der Waals surface area contributed by atoms with E-state index in [2.05, 4.69) is 52.6 Å². The Bertz CT molecular complexity index is 3330. The van der Waals surface area contributed by atoms with Crippen LogP contribution in [0.3, 0.4) is 0 Å². The van der Waals surface area contributed by atoms with E-state index in [9.17, 15) is 74.4 Å². The second kappa shape index (κ2) is 42.2. The fourth-order valence-corrected chi connectivity index (χ4v) is 23.3. The summed E-state index contributed by atoms with van der Waals surface area (Å²) in [5.74, 6) is 0.955. The molecule has 0 amide bonds. The Balaban J connectivity index is 0.000000256. The smallest absolute Gasteiger partial charge is 0.380 e. The van der Waals surface area contributed by atoms with Crippen molar-refractivity contribution in [3.63, 3.8) is 0 Å². The molecule has 107 heavy (non-hydrogen) atoms. The fraction of sp³-hybridized carbons (Fsp3) is 1.00. The predicted molar refractivity (Wildman–Crippen MR) is 351 cm³/mol. The van der Waals surface area contributed by atoms with E-state index in [1.165, 1.54) is 0 Å². The summed E-state index contributed by atoms with van der Waals surface area (Å²) in [4.78, 5) is 142. The molecule has 51 nitrogen and oxygen atoms in total. The van der Waals surface area contributed by atoms with Gasteiger partial charge in [-0.3, -0.25) is 18.1 Å². The minimum absolute atomic E-state index is 0.0169. The summed E-state index contributed by atoms with van der Waals surface area (Å²) in [5.41, 5.74) is -0.0529. The van der Waals surface area contributed by atoms with Crippen LogP contribution in [-0.2, 0) is 159 Å². The number of phosphoric ester groups is 4. The highest BCUT2D eigenvalue weighted by Gasteiger charge is 2.49. The van der Waals surface area contributed by atoms with Crippen molar-refractivity contribution in [3.05, 3.63) is 0 Å². The van der Waals surface area contributed by atoms with Crippen LogP contribution in [0.2, 0.25) is 0 Å². The van der Waals surface area contributed by atoms with Crippen molar-refractivity contribution < 1.29 is 238 Å². The average Bonchev–Trinajstić information content (AvgIpc) is 1.83. The molecule has 8 aliphatic rings. The van der Waals surface area contributed by atoms with Gasteiger partial charge < -0.3 is 130 Å². The summed E-state index contributed by atoms with van der Waals surface area (Å²) in [7, 11) is -42.3. The van der Waals surface area contributed by atoms with Crippen molar-refractivity contribution >= 4 is 137 Å². The molecular weight excluding hydrogens is 1730 g/mol. The van der Waals surface area contributed by atoms with Gasteiger partial charge in [0, 0.05) is 43.5 Å². The largest absolute Gasteiger partial charge is 0.490 e. The first-order chi connectivity index (χ1) is 48.7. The van der Waals surface area contributed by atoms with E-state index in [0.29, 0.717) is 32.3 Å². The third-order valence-corrected chi connectivity index (χ3v) is 30.4. The standard InChI is InChI=1S/C11H22BO13P3.C10H20BO13P3.C9H18BO13P3.C9H18BO12P3S/c1-7-3-2-4-11(21-7)23-8-5-10(12)22-9(8)6-20-27(16,17)25-28(18,19)24-26(13,14)15;1-6-2-3-10(20-6)22-7-4-9(11)21-8(7)5-19-26(15,16)24-27(17,18)23-25(12,13)14;10-8-4-6(21-9-2-1-3-18-9)7(20-8)5-19-25(14,15)23-26(16,17)22-24(11,12)13;10-8-4-6(20-9-2-1-3-26-9)7(19-8)5-18-24(14,15)22-25(16,17)21-23(11,12)13/h7-11H,2-6H2,1H3,(H,16,17)(H,18,19)(H2,13,14,15);6-10H,2-5H2,1H3,(H,15,16)(H,17,18)(H2,12,13,14);2*6-9H,1-5H2,(H,14,15)(H,16,17)(H2,11,12,13). The first-order valence-corrected chi connectivity index (χ1v) is 49.8. The molecule has 8 aliphatic heterocycles. The van der Waals surface area contributed by atoms with Crippen LogP contribution in [0.4, 0.5) is 0 Å². The maximum Gasteiger partial charge on any atom is 0.490 e. The fourth-order valence-electron chi connectivity index (χ4n) is 10.1. The molecule has 0 aromatic rings. The molecule has 618 valence electrons. The Morgan fingerprint density at radius 2 is 0.617 bits per heavy atom. The quantitative estimate of drug-likeness (QED) is 0.0316. The third-order valence-electron chi connectivity index (χ3n) is 13.9. The molecule has 0 aliphatic carbocycles. The molecule has 0 bridgehead atoms. The molecule has 0 aromatic heterocycles. The maximum atomic E-state index is 11.8. The van der Waals surface area contributed by atoms with E-state index in [-0.39, 0.29) is 36.9 Å². The van der Waals surface area contributed by atoms with Gasteiger partial charge in [0.1, 0.15) is 61.2 Å². The Morgan fingerprint density at radius 3 is 0.888 bits per heavy atom. The number of ether oxygens (including phenoxy) is 11. The van der Waals surface area contributed by atoms with Crippen LogP contribution >= 0.6 is 106 Å². The van der Waals surface area contributed by atoms with Crippen molar-refractivity contribution in [1.82, 2.24) is 0 Å². The number of rotatable bonds is 36. The molecule has 26 atom stereocenters. The average molecular weight is 1810 g/mol. The second-order valence-electron chi connectivity index (χ2n) is 23.2. The van der Waals surface area contributed by atoms with Gasteiger partial charge in [0.25, 0.3) is 0 Å². The van der Waals surface area contributed by atoms with E-state index in [1.807, 2.05) is 13.8 Å². The van der Waals surface area contributed by atoms with Gasteiger partial charge in [-0.15, -0.1) is 11.8 Å². The highest BCUT2D eigenvalue weighted by atomic mass is 32.2. The molecular formula is C39H78B4O51P12S. The zero-order valence-electron chi connectivity index (χ0n) is 55.4. The van der Waals surface area contributed by atoms with Gasteiger partial charge >= 0.3 is 93.9 Å². The van der Waals surface area contributed by atoms with Crippen LogP contribution in [0.1, 0.15) is 97.3 Å². The molecule has 8 saturated heterocycles. The van der Waals surface area contributed by atoms with Crippen molar-refractivity contribution in [2.45, 2.75) is 207 Å². The lowest BCUT2D eigenvalue weighted by Gasteiger charge is -2.31. The van der Waals surface area contributed by atoms with Gasteiger partial charge in [0.05, 0.1) is 63.1 Å². The zero-order valence-corrected chi connectivity index (χ0v) is 66.9. The molecule has 16 N–H and O–H groups in total. The molecule has 8 fully saturated rings. The molecule has 8 radical (unpaired) electrons. The van der Waals surface area contributed by atoms with Gasteiger partial charge in [0.2, 0.25) is 0 Å². The first kappa shape index (κ1) is 99.4. The normalized spacial score (nSPS) is 35.3. The van der Waals surface area contributed by atoms with Gasteiger partial charge in [-0.25, -0.2) is 54.8 Å². The minimum atomic E-state index is -5.58. The Labute approximate surface area is 617 Å². The summed E-state index contributed by atoms with van der Waals surface area (Å²) in [5, 5.41) is 0. The zero-order chi connectivity index (χ0) is 80.8. The lowest BCUT2D eigenvalue weighted by molar-refractivity contribution is -0.219. The van der Waals surface area contributed by atoms with Crippen molar-refractivity contribution in [2.24, 2.45) is 0 Å². The molecule has 8 rings (SSSR count). The maximum absolute atomic E-state index is 11.8. The minimum Gasteiger partial charge on any atom is -0.380 e. The summed E-state index contributed by atoms with van der Waals surface area (Å²) in [6.07, 6.45) is 0.885. The molecule has 26 unspecified atom stereocenters. The van der Waals surface area contributed by atoms with Crippen molar-refractivity contribution in [1.29, 1.82) is 0 Å². The van der Waals surface area contributed by atoms with E-state index in [1.54, 1.807) is 11.8 Å². The molecule has 8 heterocycles. The van der Waals surface area contributed by atoms with E-state index < -0.39 is 212 Å². The van der Waals surface area contributed by atoms with Crippen LogP contribution in [0.25, 0.3) is 0 Å². The summed E-state index contributed by atoms with van der Waals surface area (Å²) < 4.78 is 242. The highest BCUT2D eigenvalue weighted by molar-refractivity contribution is 8.00. The summed E-state index contributed by atoms with van der Waals surface area (Å²) >= 11 is 1.62. The topological polar surface area (TPSA) is 741 Å². The second-order valence-corrected chi connectivity index (χ2v) is 42.1. The van der Waals surface area contributed by atoms with Crippen LogP contribution in [-0.4, -0.2) is 258 Å². The monoisotopic (exact) mass is 1810 g/mol. The van der Waals surface area contributed by atoms with Gasteiger partial charge in [-0.1, -0.05) is 0 Å². The van der Waals surface area contributed by atoms with Crippen LogP contribution in [0.15, 0.2) is 0 Å². The van der Waals surface area contributed by atoms with Crippen LogP contribution in [0, 0.1) is 0 Å². The molecule has 0 spiro atoms. The highest BCUT2D eigenvalue weighted by Crippen LogP contribution is 2.70. The summed E-state index contributed by atoms with van der Waals surface area (Å²) in [6.45, 7) is 1.89. The van der Waals surface area contributed by atoms with Gasteiger partial charge in [-0.2, -0.15) is 34.5 Å². The Hall–Kier alpha value is 1.81. The third kappa shape index (κ3) is 41.4. The Morgan fingerprint density at radius 1 is 0.327 bits per heavy atom. The number of hydrogen-bond donors (Lipinski definition) is 16.